The average molecular weight is 766 g/mol. The Morgan fingerprint density at radius 2 is 1.55 bits per heavy atom. The van der Waals surface area contributed by atoms with Crippen LogP contribution in [0.1, 0.15) is 58.8 Å². The first kappa shape index (κ1) is 40.5. The van der Waals surface area contributed by atoms with Gasteiger partial charge in [0.2, 0.25) is 6.10 Å². The number of amides is 5. The van der Waals surface area contributed by atoms with E-state index in [0.717, 1.165) is 13.0 Å². The second-order valence-corrected chi connectivity index (χ2v) is 14.7. The van der Waals surface area contributed by atoms with Crippen LogP contribution >= 0.6 is 0 Å². The molecule has 16 nitrogen and oxygen atoms in total. The van der Waals surface area contributed by atoms with Crippen molar-refractivity contribution in [3.05, 3.63) is 59.9 Å². The van der Waals surface area contributed by atoms with E-state index in [9.17, 15) is 33.2 Å². The summed E-state index contributed by atoms with van der Waals surface area (Å²) < 4.78 is 42.0. The van der Waals surface area contributed by atoms with Crippen LogP contribution in [0.15, 0.2) is 48.5 Å². The Bertz CT molecular complexity index is 1960. The number of rotatable bonds is 7. The quantitative estimate of drug-likeness (QED) is 0.256. The van der Waals surface area contributed by atoms with Gasteiger partial charge in [-0.25, -0.2) is 19.0 Å². The number of esters is 1. The number of hydrogen-bond donors (Lipinski definition) is 1. The summed E-state index contributed by atoms with van der Waals surface area (Å²) in [6.07, 6.45) is -5.31. The lowest BCUT2D eigenvalue weighted by Gasteiger charge is -2.35. The zero-order valence-electron chi connectivity index (χ0n) is 31.7. The molecule has 2 atom stereocenters. The van der Waals surface area contributed by atoms with Crippen LogP contribution in [0.2, 0.25) is 0 Å². The molecule has 2 fully saturated rings. The molecule has 0 spiro atoms. The Kier molecular flexibility index (Phi) is 12.0. The molecule has 5 rings (SSSR count). The number of aromatic nitrogens is 1. The van der Waals surface area contributed by atoms with Crippen molar-refractivity contribution in [2.45, 2.75) is 71.9 Å². The third-order valence-corrected chi connectivity index (χ3v) is 8.06. The highest BCUT2D eigenvalue weighted by Gasteiger charge is 2.43. The second kappa shape index (κ2) is 16.4. The molecule has 3 aromatic rings. The van der Waals surface area contributed by atoms with Crippen LogP contribution in [-0.2, 0) is 38.1 Å². The zero-order valence-corrected chi connectivity index (χ0v) is 31.7. The maximum atomic E-state index is 14.9. The number of hydrogen-bond acceptors (Lipinski definition) is 12. The number of anilines is 3. The van der Waals surface area contributed by atoms with Gasteiger partial charge < -0.3 is 38.8 Å². The smallest absolute Gasteiger partial charge is 0.425 e. The summed E-state index contributed by atoms with van der Waals surface area (Å²) in [4.78, 5) is 86.9. The first-order valence-electron chi connectivity index (χ1n) is 17.6. The number of nitrogens with one attached hydrogen (secondary N) is 1. The molecule has 0 saturated carbocycles. The largest absolute Gasteiger partial charge is 0.449 e. The summed E-state index contributed by atoms with van der Waals surface area (Å²) >= 11 is 0. The van der Waals surface area contributed by atoms with Crippen LogP contribution in [0.25, 0.3) is 10.9 Å². The van der Waals surface area contributed by atoms with Crippen molar-refractivity contribution in [3.63, 3.8) is 0 Å². The van der Waals surface area contributed by atoms with Gasteiger partial charge in [0.15, 0.2) is 6.10 Å². The molecule has 2 aliphatic heterocycles. The molecule has 2 unspecified atom stereocenters. The van der Waals surface area contributed by atoms with E-state index in [2.05, 4.69) is 10.3 Å². The SMILES string of the molecule is CC(=O)OC(C(=O)Nc1ccc2nc(N(C(=O)OC(C)(C)C)C(=O)OC(C)(C)C)ccc2c1)C1OCCN(c2ccc(F)c(C(=O)N3CCOCC3)c2)C1=O. The number of morpholine rings is 2. The van der Waals surface area contributed by atoms with E-state index in [0.29, 0.717) is 29.0 Å². The lowest BCUT2D eigenvalue weighted by Crippen LogP contribution is -2.56. The first-order chi connectivity index (χ1) is 25.8. The van der Waals surface area contributed by atoms with E-state index >= 15 is 0 Å². The van der Waals surface area contributed by atoms with Crippen LogP contribution in [0, 0.1) is 5.82 Å². The summed E-state index contributed by atoms with van der Waals surface area (Å²) in [5.41, 5.74) is -1.33. The monoisotopic (exact) mass is 765 g/mol. The van der Waals surface area contributed by atoms with Crippen molar-refractivity contribution < 1.29 is 56.8 Å². The van der Waals surface area contributed by atoms with Crippen LogP contribution in [0.5, 0.6) is 0 Å². The van der Waals surface area contributed by atoms with E-state index < -0.39 is 65.1 Å². The number of halogens is 1. The number of benzene rings is 2. The van der Waals surface area contributed by atoms with Crippen LogP contribution in [-0.4, -0.2) is 109 Å². The molecule has 0 radical (unpaired) electrons. The third kappa shape index (κ3) is 10.1. The molecule has 17 heteroatoms. The van der Waals surface area contributed by atoms with E-state index in [4.69, 9.17) is 23.7 Å². The molecule has 2 saturated heterocycles. The van der Waals surface area contributed by atoms with Crippen molar-refractivity contribution in [2.24, 2.45) is 0 Å². The van der Waals surface area contributed by atoms with Crippen molar-refractivity contribution >= 4 is 64.0 Å². The number of fused-ring (bicyclic) bond motifs is 1. The van der Waals surface area contributed by atoms with Gasteiger partial charge >= 0.3 is 18.2 Å². The molecule has 2 aromatic carbocycles. The van der Waals surface area contributed by atoms with E-state index in [1.54, 1.807) is 53.7 Å². The summed E-state index contributed by atoms with van der Waals surface area (Å²) in [5.74, 6) is -3.88. The molecule has 1 aromatic heterocycles. The Hall–Kier alpha value is -5.68. The fraction of sp³-hybridized carbons (Fsp3) is 0.447. The molecule has 294 valence electrons. The van der Waals surface area contributed by atoms with Gasteiger partial charge in [-0.3, -0.25) is 19.2 Å². The van der Waals surface area contributed by atoms with Gasteiger partial charge in [0.25, 0.3) is 17.7 Å². The van der Waals surface area contributed by atoms with E-state index in [1.807, 2.05) is 0 Å². The van der Waals surface area contributed by atoms with Crippen LogP contribution in [0.4, 0.5) is 31.2 Å². The van der Waals surface area contributed by atoms with Crippen molar-refractivity contribution in [3.8, 4) is 0 Å². The Balaban J connectivity index is 1.36. The molecular formula is C38H44FN5O11. The predicted octanol–water partition coefficient (Wildman–Crippen LogP) is 4.83. The molecule has 2 aliphatic rings. The normalized spacial score (nSPS) is 16.9. The molecule has 5 amide bonds. The van der Waals surface area contributed by atoms with E-state index in [1.165, 1.54) is 40.1 Å². The van der Waals surface area contributed by atoms with Crippen LogP contribution < -0.4 is 15.1 Å². The number of imide groups is 1. The number of carbonyl (C=O) groups is 6. The maximum absolute atomic E-state index is 14.9. The number of pyridine rings is 1. The minimum absolute atomic E-state index is 0.0134. The Morgan fingerprint density at radius 3 is 2.16 bits per heavy atom. The fourth-order valence-corrected chi connectivity index (χ4v) is 5.70. The Labute approximate surface area is 316 Å². The molecule has 1 N–H and O–H groups in total. The molecule has 0 aliphatic carbocycles. The van der Waals surface area contributed by atoms with Gasteiger partial charge in [0.05, 0.1) is 30.9 Å². The predicted molar refractivity (Wildman–Crippen MR) is 196 cm³/mol. The number of ether oxygens (including phenoxy) is 5. The Morgan fingerprint density at radius 1 is 0.891 bits per heavy atom. The highest BCUT2D eigenvalue weighted by atomic mass is 19.1. The highest BCUT2D eigenvalue weighted by Crippen LogP contribution is 2.28. The van der Waals surface area contributed by atoms with Crippen molar-refractivity contribution in [2.75, 3.05) is 54.6 Å². The van der Waals surface area contributed by atoms with Crippen molar-refractivity contribution in [1.82, 2.24) is 9.88 Å². The minimum Gasteiger partial charge on any atom is -0.449 e. The standard InChI is InChI=1S/C38H44FN5O11/c1-22(45)53-30(31-34(48)43(16-19-52-31)25-10-11-27(39)26(21-25)33(47)42-14-17-51-18-15-42)32(46)40-24-9-12-28-23(20-24)8-13-29(41-28)44(35(49)54-37(2,3)4)36(50)55-38(5,6)7/h8-13,20-21,30-31H,14-19H2,1-7H3,(H,40,46). The summed E-state index contributed by atoms with van der Waals surface area (Å²) in [7, 11) is 0. The first-order valence-corrected chi connectivity index (χ1v) is 17.6. The summed E-state index contributed by atoms with van der Waals surface area (Å²) in [6, 6.07) is 11.2. The van der Waals surface area contributed by atoms with Crippen LogP contribution in [0.3, 0.4) is 0 Å². The lowest BCUT2D eigenvalue weighted by molar-refractivity contribution is -0.167. The average Bonchev–Trinajstić information content (AvgIpc) is 3.09. The van der Waals surface area contributed by atoms with Gasteiger partial charge in [-0.2, -0.15) is 4.90 Å². The summed E-state index contributed by atoms with van der Waals surface area (Å²) in [6.45, 7) is 12.1. The van der Waals surface area contributed by atoms with Gasteiger partial charge in [0, 0.05) is 43.3 Å². The van der Waals surface area contributed by atoms with Gasteiger partial charge in [0.1, 0.15) is 22.8 Å². The summed E-state index contributed by atoms with van der Waals surface area (Å²) in [5, 5.41) is 3.12. The molecule has 55 heavy (non-hydrogen) atoms. The van der Waals surface area contributed by atoms with Crippen molar-refractivity contribution in [1.29, 1.82) is 0 Å². The van der Waals surface area contributed by atoms with E-state index in [-0.39, 0.29) is 49.0 Å². The number of nitrogens with zero attached hydrogens (tertiary/aromatic N) is 4. The van der Waals surface area contributed by atoms with Gasteiger partial charge in [-0.1, -0.05) is 0 Å². The van der Waals surface area contributed by atoms with Gasteiger partial charge in [-0.05, 0) is 90.1 Å². The number of carbonyl (C=O) groups excluding carboxylic acids is 6. The lowest BCUT2D eigenvalue weighted by atomic mass is 10.1. The fourth-order valence-electron chi connectivity index (χ4n) is 5.70. The zero-order chi connectivity index (χ0) is 40.2. The second-order valence-electron chi connectivity index (χ2n) is 14.7. The molecule has 3 heterocycles. The molecule has 0 bridgehead atoms. The highest BCUT2D eigenvalue weighted by molar-refractivity contribution is 6.10. The topological polar surface area (TPSA) is 183 Å². The maximum Gasteiger partial charge on any atom is 0.425 e. The third-order valence-electron chi connectivity index (χ3n) is 8.06. The van der Waals surface area contributed by atoms with Gasteiger partial charge in [-0.15, -0.1) is 0 Å². The minimum atomic E-state index is -1.74. The molecular weight excluding hydrogens is 721 g/mol.